The van der Waals surface area contributed by atoms with Crippen LogP contribution in [0.15, 0.2) is 97.1 Å². The van der Waals surface area contributed by atoms with Crippen molar-refractivity contribution in [1.29, 1.82) is 0 Å². The fourth-order valence-corrected chi connectivity index (χ4v) is 6.94. The molecule has 0 spiro atoms. The van der Waals surface area contributed by atoms with Gasteiger partial charge in [0.05, 0.1) is 32.0 Å². The molecule has 0 bridgehead atoms. The number of hydrogen-bond acceptors (Lipinski definition) is 7. The van der Waals surface area contributed by atoms with E-state index in [2.05, 4.69) is 109 Å². The third-order valence-corrected chi connectivity index (χ3v) is 11.9. The van der Waals surface area contributed by atoms with Gasteiger partial charge in [-0.2, -0.15) is 0 Å². The third kappa shape index (κ3) is 9.79. The summed E-state index contributed by atoms with van der Waals surface area (Å²) in [5.41, 5.74) is 3.85. The molecule has 2 aliphatic rings. The second-order valence-corrected chi connectivity index (χ2v) is 16.8. The van der Waals surface area contributed by atoms with E-state index in [9.17, 15) is 5.11 Å². The summed E-state index contributed by atoms with van der Waals surface area (Å²) in [4.78, 5) is 0. The maximum absolute atomic E-state index is 11.1. The topological polar surface area (TPSA) is 82.2 Å². The molecule has 4 aromatic carbocycles. The monoisotopic (exact) mass is 736 g/mol. The van der Waals surface area contributed by atoms with Crippen LogP contribution in [-0.4, -0.2) is 62.1 Å². The van der Waals surface area contributed by atoms with E-state index in [-0.39, 0.29) is 29.0 Å². The Morgan fingerprint density at radius 2 is 1.02 bits per heavy atom. The Bertz CT molecular complexity index is 1770. The Hall–Kier alpha value is -4.04. The molecule has 5 unspecified atom stereocenters. The highest BCUT2D eigenvalue weighted by molar-refractivity contribution is 5.43. The van der Waals surface area contributed by atoms with Crippen molar-refractivity contribution in [2.24, 2.45) is 5.41 Å². The number of epoxide rings is 2. The van der Waals surface area contributed by atoms with Gasteiger partial charge in [-0.1, -0.05) is 97.0 Å². The molecule has 7 heteroatoms. The van der Waals surface area contributed by atoms with E-state index in [1.807, 2.05) is 43.3 Å². The summed E-state index contributed by atoms with van der Waals surface area (Å²) in [7, 11) is 0. The molecular formula is C47H60O7. The zero-order chi connectivity index (χ0) is 38.6. The van der Waals surface area contributed by atoms with E-state index in [1.54, 1.807) is 0 Å². The van der Waals surface area contributed by atoms with Crippen LogP contribution < -0.4 is 18.9 Å². The Morgan fingerprint density at radius 3 is 1.43 bits per heavy atom. The van der Waals surface area contributed by atoms with Crippen molar-refractivity contribution < 1.29 is 33.5 Å². The SMILES string of the molecule is CCC(C)(CC(O)COc1ccc(C(C)(C)c2ccc(OCC(C)(CC)C3CO3)cc2)cc1)Oc1ccc(C(C)(C)c2ccc(OCC3CO3)cc2)cc1. The first-order valence-corrected chi connectivity index (χ1v) is 19.6. The molecular weight excluding hydrogens is 677 g/mol. The lowest BCUT2D eigenvalue weighted by molar-refractivity contribution is 0.00433. The first kappa shape index (κ1) is 39.6. The van der Waals surface area contributed by atoms with E-state index in [4.69, 9.17) is 28.4 Å². The van der Waals surface area contributed by atoms with Gasteiger partial charge in [-0.05, 0) is 90.6 Å². The second-order valence-electron chi connectivity index (χ2n) is 16.8. The molecule has 2 heterocycles. The second kappa shape index (κ2) is 16.4. The molecule has 290 valence electrons. The average molecular weight is 737 g/mol. The number of ether oxygens (including phenoxy) is 6. The predicted molar refractivity (Wildman–Crippen MR) is 214 cm³/mol. The normalized spacial score (nSPS) is 19.6. The van der Waals surface area contributed by atoms with Crippen molar-refractivity contribution in [3.8, 4) is 23.0 Å². The van der Waals surface area contributed by atoms with Gasteiger partial charge in [0.2, 0.25) is 0 Å². The van der Waals surface area contributed by atoms with E-state index in [0.29, 0.717) is 25.7 Å². The van der Waals surface area contributed by atoms with Gasteiger partial charge in [-0.15, -0.1) is 0 Å². The summed E-state index contributed by atoms with van der Waals surface area (Å²) in [6, 6.07) is 33.2. The minimum atomic E-state index is -0.694. The highest BCUT2D eigenvalue weighted by atomic mass is 16.6. The summed E-state index contributed by atoms with van der Waals surface area (Å²) >= 11 is 0. The zero-order valence-electron chi connectivity index (χ0n) is 33.5. The van der Waals surface area contributed by atoms with Crippen LogP contribution in [0.5, 0.6) is 23.0 Å². The first-order chi connectivity index (χ1) is 25.7. The van der Waals surface area contributed by atoms with Gasteiger partial charge >= 0.3 is 0 Å². The standard InChI is InChI=1S/C47H60O7/c1-9-46(7,43-31-52-43)32-53-40-23-15-35(16-24-40)44(3,4)33-11-19-38(20-12-33)49-28-37(48)27-47(8,10-2)54-41-25-17-36(18-26-41)45(5,6)34-13-21-39(22-14-34)50-29-42-30-51-42/h11-26,37,42-43,48H,9-10,27-32H2,1-8H3. The van der Waals surface area contributed by atoms with Gasteiger partial charge in [0.25, 0.3) is 0 Å². The zero-order valence-corrected chi connectivity index (χ0v) is 33.5. The molecule has 2 saturated heterocycles. The summed E-state index contributed by atoms with van der Waals surface area (Å²) in [6.45, 7) is 20.5. The van der Waals surface area contributed by atoms with Crippen molar-refractivity contribution in [2.75, 3.05) is 33.0 Å². The van der Waals surface area contributed by atoms with Crippen molar-refractivity contribution >= 4 is 0 Å². The third-order valence-electron chi connectivity index (χ3n) is 11.9. The van der Waals surface area contributed by atoms with E-state index in [0.717, 1.165) is 49.1 Å². The van der Waals surface area contributed by atoms with E-state index in [1.165, 1.54) is 22.3 Å². The van der Waals surface area contributed by atoms with Gasteiger partial charge in [0.1, 0.15) is 47.9 Å². The molecule has 54 heavy (non-hydrogen) atoms. The molecule has 7 nitrogen and oxygen atoms in total. The largest absolute Gasteiger partial charge is 0.493 e. The molecule has 0 amide bonds. The average Bonchev–Trinajstić information content (AvgIpc) is 4.11. The van der Waals surface area contributed by atoms with Crippen molar-refractivity contribution in [2.45, 2.75) is 109 Å². The molecule has 5 atom stereocenters. The summed E-state index contributed by atoms with van der Waals surface area (Å²) in [5.74, 6) is 3.24. The van der Waals surface area contributed by atoms with Gasteiger partial charge < -0.3 is 33.5 Å². The number of benzene rings is 4. The van der Waals surface area contributed by atoms with Crippen molar-refractivity contribution in [3.63, 3.8) is 0 Å². The molecule has 0 aliphatic carbocycles. The van der Waals surface area contributed by atoms with Crippen LogP contribution in [0, 0.1) is 5.41 Å². The Labute approximate surface area is 322 Å². The summed E-state index contributed by atoms with van der Waals surface area (Å²) in [6.07, 6.45) is 2.05. The molecule has 2 aliphatic heterocycles. The van der Waals surface area contributed by atoms with E-state index < -0.39 is 11.7 Å². The highest BCUT2D eigenvalue weighted by Gasteiger charge is 2.42. The summed E-state index contributed by atoms with van der Waals surface area (Å²) < 4.78 is 35.4. The van der Waals surface area contributed by atoms with Crippen LogP contribution in [0.3, 0.4) is 0 Å². The predicted octanol–water partition coefficient (Wildman–Crippen LogP) is 9.69. The fourth-order valence-electron chi connectivity index (χ4n) is 6.94. The van der Waals surface area contributed by atoms with Gasteiger partial charge in [0, 0.05) is 22.7 Å². The minimum Gasteiger partial charge on any atom is -0.493 e. The van der Waals surface area contributed by atoms with Crippen LogP contribution >= 0.6 is 0 Å². The first-order valence-electron chi connectivity index (χ1n) is 19.6. The van der Waals surface area contributed by atoms with Crippen molar-refractivity contribution in [3.05, 3.63) is 119 Å². The lowest BCUT2D eigenvalue weighted by Crippen LogP contribution is -2.37. The Morgan fingerprint density at radius 1 is 0.593 bits per heavy atom. The number of hydrogen-bond donors (Lipinski definition) is 1. The fraction of sp³-hybridized carbons (Fsp3) is 0.489. The lowest BCUT2D eigenvalue weighted by atomic mass is 9.78. The number of aliphatic hydroxyl groups excluding tert-OH is 1. The molecule has 1 N–H and O–H groups in total. The quantitative estimate of drug-likeness (QED) is 0.0906. The molecule has 0 saturated carbocycles. The van der Waals surface area contributed by atoms with Gasteiger partial charge in [-0.25, -0.2) is 0 Å². The molecule has 4 aromatic rings. The van der Waals surface area contributed by atoms with Crippen LogP contribution in [0.1, 0.15) is 96.9 Å². The smallest absolute Gasteiger partial charge is 0.120 e. The Kier molecular flexibility index (Phi) is 12.0. The van der Waals surface area contributed by atoms with Crippen LogP contribution in [0.25, 0.3) is 0 Å². The van der Waals surface area contributed by atoms with Gasteiger partial charge in [-0.3, -0.25) is 0 Å². The lowest BCUT2D eigenvalue weighted by Gasteiger charge is -2.32. The molecule has 0 aromatic heterocycles. The highest BCUT2D eigenvalue weighted by Crippen LogP contribution is 2.38. The van der Waals surface area contributed by atoms with Crippen LogP contribution in [0.2, 0.25) is 0 Å². The van der Waals surface area contributed by atoms with Crippen molar-refractivity contribution in [1.82, 2.24) is 0 Å². The maximum Gasteiger partial charge on any atom is 0.120 e. The molecule has 2 fully saturated rings. The summed E-state index contributed by atoms with van der Waals surface area (Å²) in [5, 5.41) is 11.1. The van der Waals surface area contributed by atoms with Crippen LogP contribution in [0.4, 0.5) is 0 Å². The van der Waals surface area contributed by atoms with Gasteiger partial charge in [0.15, 0.2) is 0 Å². The maximum atomic E-state index is 11.1. The van der Waals surface area contributed by atoms with Crippen LogP contribution in [-0.2, 0) is 20.3 Å². The number of aliphatic hydroxyl groups is 1. The minimum absolute atomic E-state index is 0.0452. The Balaban J connectivity index is 0.982. The van der Waals surface area contributed by atoms with E-state index >= 15 is 0 Å². The number of rotatable bonds is 20. The molecule has 6 rings (SSSR count). The molecule has 0 radical (unpaired) electrons.